The van der Waals surface area contributed by atoms with Crippen molar-refractivity contribution in [2.75, 3.05) is 7.11 Å². The van der Waals surface area contributed by atoms with E-state index >= 15 is 0 Å². The highest BCUT2D eigenvalue weighted by Crippen LogP contribution is 2.32. The van der Waals surface area contributed by atoms with Gasteiger partial charge in [-0.1, -0.05) is 31.4 Å². The van der Waals surface area contributed by atoms with E-state index in [1.807, 2.05) is 37.3 Å². The van der Waals surface area contributed by atoms with Crippen molar-refractivity contribution in [2.45, 2.75) is 45.1 Å². The maximum Gasteiger partial charge on any atom is 0.347 e. The molecule has 0 bridgehead atoms. The number of hydrogen-bond donors (Lipinski definition) is 0. The number of fused-ring (bicyclic) bond motifs is 1. The number of hydrogen-bond acceptors (Lipinski definition) is 4. The van der Waals surface area contributed by atoms with E-state index in [2.05, 4.69) is 4.98 Å². The van der Waals surface area contributed by atoms with Crippen LogP contribution in [-0.4, -0.2) is 24.2 Å². The molecule has 3 rings (SSSR count). The van der Waals surface area contributed by atoms with Crippen molar-refractivity contribution in [1.29, 1.82) is 0 Å². The lowest BCUT2D eigenvalue weighted by Gasteiger charge is -2.29. The van der Waals surface area contributed by atoms with Crippen LogP contribution in [0.15, 0.2) is 30.3 Å². The van der Waals surface area contributed by atoms with Gasteiger partial charge in [0, 0.05) is 23.1 Å². The fourth-order valence-corrected chi connectivity index (χ4v) is 3.39. The van der Waals surface area contributed by atoms with Gasteiger partial charge in [0.05, 0.1) is 12.6 Å². The molecule has 2 aromatic rings. The van der Waals surface area contributed by atoms with Gasteiger partial charge in [0.15, 0.2) is 6.10 Å². The molecule has 1 aliphatic carbocycles. The van der Waals surface area contributed by atoms with E-state index in [4.69, 9.17) is 9.47 Å². The molecule has 1 atom stereocenters. The molecule has 0 spiro atoms. The molecule has 1 heterocycles. The average molecular weight is 313 g/mol. The van der Waals surface area contributed by atoms with Crippen LogP contribution in [0.1, 0.15) is 37.8 Å². The maximum absolute atomic E-state index is 12.3. The molecule has 0 radical (unpaired) electrons. The van der Waals surface area contributed by atoms with Gasteiger partial charge in [0.2, 0.25) is 0 Å². The molecule has 0 saturated heterocycles. The number of benzene rings is 1. The third kappa shape index (κ3) is 3.46. The summed E-state index contributed by atoms with van der Waals surface area (Å²) in [6.07, 6.45) is 5.03. The minimum atomic E-state index is -0.537. The van der Waals surface area contributed by atoms with Gasteiger partial charge in [0.25, 0.3) is 0 Å². The number of aryl methyl sites for hydroxylation is 1. The van der Waals surface area contributed by atoms with E-state index in [0.29, 0.717) is 5.75 Å². The van der Waals surface area contributed by atoms with E-state index in [1.54, 1.807) is 0 Å². The molecule has 1 saturated carbocycles. The Balaban J connectivity index is 1.94. The molecule has 1 unspecified atom stereocenters. The minimum Gasteiger partial charge on any atom is -0.478 e. The lowest BCUT2D eigenvalue weighted by molar-refractivity contribution is -0.152. The number of nitrogens with zero attached hydrogens (tertiary/aromatic N) is 1. The molecule has 23 heavy (non-hydrogen) atoms. The molecular weight excluding hydrogens is 290 g/mol. The molecule has 1 fully saturated rings. The van der Waals surface area contributed by atoms with Crippen LogP contribution in [0.5, 0.6) is 5.75 Å². The summed E-state index contributed by atoms with van der Waals surface area (Å²) in [5, 5.41) is 0.933. The molecule has 0 N–H and O–H groups in total. The summed E-state index contributed by atoms with van der Waals surface area (Å²) in [5.41, 5.74) is 1.76. The number of esters is 1. The molecular formula is C19H23NO3. The second kappa shape index (κ2) is 6.99. The molecule has 4 heteroatoms. The average Bonchev–Trinajstić information content (AvgIpc) is 2.59. The number of carbonyl (C=O) groups excluding carboxylic acids is 1. The maximum atomic E-state index is 12.3. The van der Waals surface area contributed by atoms with Gasteiger partial charge in [-0.25, -0.2) is 4.79 Å². The predicted octanol–water partition coefficient (Wildman–Crippen LogP) is 4.04. The smallest absolute Gasteiger partial charge is 0.347 e. The van der Waals surface area contributed by atoms with Gasteiger partial charge < -0.3 is 9.47 Å². The summed E-state index contributed by atoms with van der Waals surface area (Å²) in [7, 11) is 1.43. The zero-order valence-corrected chi connectivity index (χ0v) is 13.7. The first-order valence-corrected chi connectivity index (χ1v) is 8.30. The first-order valence-electron chi connectivity index (χ1n) is 8.30. The van der Waals surface area contributed by atoms with Crippen LogP contribution in [0.4, 0.5) is 0 Å². The summed E-state index contributed by atoms with van der Waals surface area (Å²) < 4.78 is 11.2. The summed E-state index contributed by atoms with van der Waals surface area (Å²) in [5.74, 6) is 0.660. The van der Waals surface area contributed by atoms with Crippen molar-refractivity contribution in [2.24, 2.45) is 5.92 Å². The van der Waals surface area contributed by atoms with Gasteiger partial charge in [-0.15, -0.1) is 0 Å². The number of rotatable bonds is 4. The third-order valence-electron chi connectivity index (χ3n) is 4.57. The second-order valence-corrected chi connectivity index (χ2v) is 6.24. The second-order valence-electron chi connectivity index (χ2n) is 6.24. The number of aromatic nitrogens is 1. The van der Waals surface area contributed by atoms with Crippen LogP contribution in [0.2, 0.25) is 0 Å². The molecule has 1 aliphatic rings. The van der Waals surface area contributed by atoms with Crippen LogP contribution in [0.3, 0.4) is 0 Å². The Labute approximate surface area is 136 Å². The van der Waals surface area contributed by atoms with Crippen molar-refractivity contribution in [3.63, 3.8) is 0 Å². The lowest BCUT2D eigenvalue weighted by Crippen LogP contribution is -2.37. The first-order chi connectivity index (χ1) is 11.2. The van der Waals surface area contributed by atoms with Crippen LogP contribution in [-0.2, 0) is 9.53 Å². The SMILES string of the molecule is COC(=O)C(Oc1cc(C)nc2ccccc12)C1CCCCC1. The zero-order chi connectivity index (χ0) is 16.2. The van der Waals surface area contributed by atoms with E-state index in [9.17, 15) is 4.79 Å². The van der Waals surface area contributed by atoms with Gasteiger partial charge in [0.1, 0.15) is 5.75 Å². The third-order valence-corrected chi connectivity index (χ3v) is 4.57. The van der Waals surface area contributed by atoms with Gasteiger partial charge in [-0.2, -0.15) is 0 Å². The molecule has 1 aromatic heterocycles. The summed E-state index contributed by atoms with van der Waals surface area (Å²) in [4.78, 5) is 16.8. The summed E-state index contributed by atoms with van der Waals surface area (Å²) >= 11 is 0. The molecule has 0 amide bonds. The largest absolute Gasteiger partial charge is 0.478 e. The summed E-state index contributed by atoms with van der Waals surface area (Å²) in [6, 6.07) is 9.76. The van der Waals surface area contributed by atoms with Crippen LogP contribution in [0, 0.1) is 12.8 Å². The Hall–Kier alpha value is -2.10. The highest BCUT2D eigenvalue weighted by Gasteiger charge is 2.32. The number of carbonyl (C=O) groups is 1. The molecule has 122 valence electrons. The quantitative estimate of drug-likeness (QED) is 0.799. The number of methoxy groups -OCH3 is 1. The number of pyridine rings is 1. The Kier molecular flexibility index (Phi) is 4.79. The minimum absolute atomic E-state index is 0.225. The first kappa shape index (κ1) is 15.8. The van der Waals surface area contributed by atoms with Crippen molar-refractivity contribution in [1.82, 2.24) is 4.98 Å². The zero-order valence-electron chi connectivity index (χ0n) is 13.7. The van der Waals surface area contributed by atoms with Crippen molar-refractivity contribution in [3.05, 3.63) is 36.0 Å². The van der Waals surface area contributed by atoms with E-state index in [-0.39, 0.29) is 11.9 Å². The van der Waals surface area contributed by atoms with Crippen LogP contribution in [0.25, 0.3) is 10.9 Å². The number of para-hydroxylation sites is 1. The van der Waals surface area contributed by atoms with Crippen molar-refractivity contribution >= 4 is 16.9 Å². The fraction of sp³-hybridized carbons (Fsp3) is 0.474. The van der Waals surface area contributed by atoms with Crippen molar-refractivity contribution in [3.8, 4) is 5.75 Å². The van der Waals surface area contributed by atoms with Gasteiger partial charge >= 0.3 is 5.97 Å². The van der Waals surface area contributed by atoms with E-state index < -0.39 is 6.10 Å². The normalized spacial score (nSPS) is 17.0. The Morgan fingerprint density at radius 1 is 1.22 bits per heavy atom. The Bertz CT molecular complexity index is 692. The van der Waals surface area contributed by atoms with Gasteiger partial charge in [-0.05, 0) is 31.9 Å². The highest BCUT2D eigenvalue weighted by atomic mass is 16.6. The molecule has 1 aromatic carbocycles. The Morgan fingerprint density at radius 2 is 1.96 bits per heavy atom. The monoisotopic (exact) mass is 313 g/mol. The molecule has 0 aliphatic heterocycles. The van der Waals surface area contributed by atoms with Crippen LogP contribution >= 0.6 is 0 Å². The van der Waals surface area contributed by atoms with Gasteiger partial charge in [-0.3, -0.25) is 4.98 Å². The van der Waals surface area contributed by atoms with E-state index in [1.165, 1.54) is 13.5 Å². The Morgan fingerprint density at radius 3 is 2.70 bits per heavy atom. The van der Waals surface area contributed by atoms with Crippen LogP contribution < -0.4 is 4.74 Å². The topological polar surface area (TPSA) is 48.4 Å². The molecule has 4 nitrogen and oxygen atoms in total. The van der Waals surface area contributed by atoms with E-state index in [0.717, 1.165) is 42.3 Å². The van der Waals surface area contributed by atoms with Crippen molar-refractivity contribution < 1.29 is 14.3 Å². The standard InChI is InChI=1S/C19H23NO3/c1-13-12-17(15-10-6-7-11-16(15)20-13)23-18(19(21)22-2)14-8-4-3-5-9-14/h6-7,10-12,14,18H,3-5,8-9H2,1-2H3. The predicted molar refractivity (Wildman–Crippen MR) is 89.5 cm³/mol. The number of ether oxygens (including phenoxy) is 2. The lowest BCUT2D eigenvalue weighted by atomic mass is 9.85. The fourth-order valence-electron chi connectivity index (χ4n) is 3.39. The summed E-state index contributed by atoms with van der Waals surface area (Å²) in [6.45, 7) is 1.94. The highest BCUT2D eigenvalue weighted by molar-refractivity contribution is 5.86.